The molecule has 2 rings (SSSR count). The molecule has 2 aromatic carbocycles. The summed E-state index contributed by atoms with van der Waals surface area (Å²) in [5, 5.41) is 0. The van der Waals surface area contributed by atoms with Gasteiger partial charge in [-0.1, -0.05) is 11.8 Å². The van der Waals surface area contributed by atoms with Gasteiger partial charge in [0, 0.05) is 14.7 Å². The van der Waals surface area contributed by atoms with Crippen LogP contribution >= 0.6 is 23.5 Å². The lowest BCUT2D eigenvalue weighted by atomic mass is 10.3. The number of rotatable bonds is 4. The molecule has 0 spiro atoms. The Balaban J connectivity index is 2.08. The number of methoxy groups -OCH3 is 1. The van der Waals surface area contributed by atoms with Gasteiger partial charge in [-0.2, -0.15) is 0 Å². The van der Waals surface area contributed by atoms with E-state index in [-0.39, 0.29) is 0 Å². The Morgan fingerprint density at radius 2 is 1.24 bits per heavy atom. The summed E-state index contributed by atoms with van der Waals surface area (Å²) in [7, 11) is 1.68. The van der Waals surface area contributed by atoms with Crippen LogP contribution in [0.1, 0.15) is 0 Å². The predicted octanol–water partition coefficient (Wildman–Crippen LogP) is 4.57. The number of thioether (sulfide) groups is 1. The second-order valence-electron chi connectivity index (χ2n) is 3.45. The molecule has 2 aromatic rings. The first-order valence-electron chi connectivity index (χ1n) is 5.28. The largest absolute Gasteiger partial charge is 0.497 e. The third-order valence-corrected chi connectivity index (χ3v) is 4.11. The van der Waals surface area contributed by atoms with Gasteiger partial charge in [0.05, 0.1) is 7.11 Å². The summed E-state index contributed by atoms with van der Waals surface area (Å²) in [6.45, 7) is 0. The van der Waals surface area contributed by atoms with Crippen molar-refractivity contribution in [3.05, 3.63) is 48.5 Å². The third kappa shape index (κ3) is 3.45. The molecular formula is C14H14OS2. The molecule has 0 aliphatic rings. The predicted molar refractivity (Wildman–Crippen MR) is 75.3 cm³/mol. The molecule has 0 N–H and O–H groups in total. The Morgan fingerprint density at radius 3 is 1.71 bits per heavy atom. The molecule has 0 aliphatic heterocycles. The van der Waals surface area contributed by atoms with Crippen molar-refractivity contribution in [3.8, 4) is 5.75 Å². The van der Waals surface area contributed by atoms with Crippen LogP contribution in [-0.4, -0.2) is 13.4 Å². The van der Waals surface area contributed by atoms with E-state index in [9.17, 15) is 0 Å². The van der Waals surface area contributed by atoms with Gasteiger partial charge in [0.2, 0.25) is 0 Å². The summed E-state index contributed by atoms with van der Waals surface area (Å²) in [5.74, 6) is 0.895. The van der Waals surface area contributed by atoms with E-state index in [1.165, 1.54) is 14.7 Å². The van der Waals surface area contributed by atoms with Crippen LogP contribution in [-0.2, 0) is 0 Å². The van der Waals surface area contributed by atoms with E-state index in [1.54, 1.807) is 30.6 Å². The van der Waals surface area contributed by atoms with Gasteiger partial charge in [0.25, 0.3) is 0 Å². The zero-order valence-electron chi connectivity index (χ0n) is 9.84. The van der Waals surface area contributed by atoms with Crippen molar-refractivity contribution in [2.45, 2.75) is 14.7 Å². The van der Waals surface area contributed by atoms with Crippen LogP contribution in [0.15, 0.2) is 63.2 Å². The van der Waals surface area contributed by atoms with Crippen molar-refractivity contribution in [1.82, 2.24) is 0 Å². The van der Waals surface area contributed by atoms with Gasteiger partial charge >= 0.3 is 0 Å². The molecule has 1 nitrogen and oxygen atoms in total. The summed E-state index contributed by atoms with van der Waals surface area (Å²) in [6.07, 6.45) is 2.09. The molecule has 0 fully saturated rings. The molecule has 3 heteroatoms. The van der Waals surface area contributed by atoms with E-state index in [4.69, 9.17) is 4.74 Å². The standard InChI is InChI=1S/C14H14OS2/c1-15-11-3-5-13(6-4-11)17-14-9-7-12(16-2)8-10-14/h3-10H,1-2H3. The maximum Gasteiger partial charge on any atom is 0.118 e. The lowest BCUT2D eigenvalue weighted by Crippen LogP contribution is -1.81. The van der Waals surface area contributed by atoms with Gasteiger partial charge in [-0.3, -0.25) is 0 Å². The molecule has 0 aromatic heterocycles. The Hall–Kier alpha value is -1.06. The van der Waals surface area contributed by atoms with Gasteiger partial charge < -0.3 is 4.74 Å². The zero-order valence-corrected chi connectivity index (χ0v) is 11.5. The average Bonchev–Trinajstić information content (AvgIpc) is 2.40. The minimum atomic E-state index is 0.895. The lowest BCUT2D eigenvalue weighted by molar-refractivity contribution is 0.414. The third-order valence-electron chi connectivity index (χ3n) is 2.35. The molecule has 0 aliphatic carbocycles. The van der Waals surface area contributed by atoms with Gasteiger partial charge in [-0.25, -0.2) is 0 Å². The van der Waals surface area contributed by atoms with Crippen LogP contribution in [0.3, 0.4) is 0 Å². The summed E-state index contributed by atoms with van der Waals surface area (Å²) in [5.41, 5.74) is 0. The molecule has 0 amide bonds. The highest BCUT2D eigenvalue weighted by Gasteiger charge is 1.98. The molecule has 17 heavy (non-hydrogen) atoms. The van der Waals surface area contributed by atoms with Crippen molar-refractivity contribution < 1.29 is 4.74 Å². The fraction of sp³-hybridized carbons (Fsp3) is 0.143. The Kier molecular flexibility index (Phi) is 4.40. The van der Waals surface area contributed by atoms with Gasteiger partial charge in [0.1, 0.15) is 5.75 Å². The SMILES string of the molecule is COc1ccc(Sc2ccc(SC)cc2)cc1. The summed E-state index contributed by atoms with van der Waals surface area (Å²) in [4.78, 5) is 3.78. The van der Waals surface area contributed by atoms with E-state index < -0.39 is 0 Å². The normalized spacial score (nSPS) is 10.2. The zero-order chi connectivity index (χ0) is 12.1. The van der Waals surface area contributed by atoms with E-state index in [0.29, 0.717) is 0 Å². The molecular weight excluding hydrogens is 248 g/mol. The Morgan fingerprint density at radius 1 is 0.765 bits per heavy atom. The van der Waals surface area contributed by atoms with Gasteiger partial charge in [-0.15, -0.1) is 11.8 Å². The molecule has 0 saturated heterocycles. The second-order valence-corrected chi connectivity index (χ2v) is 5.48. The van der Waals surface area contributed by atoms with Crippen LogP contribution in [0.4, 0.5) is 0 Å². The monoisotopic (exact) mass is 262 g/mol. The van der Waals surface area contributed by atoms with Crippen LogP contribution in [0, 0.1) is 0 Å². The fourth-order valence-corrected chi connectivity index (χ4v) is 2.65. The molecule has 0 heterocycles. The van der Waals surface area contributed by atoms with Crippen LogP contribution in [0.5, 0.6) is 5.75 Å². The minimum absolute atomic E-state index is 0.895. The van der Waals surface area contributed by atoms with Crippen molar-refractivity contribution in [2.24, 2.45) is 0 Å². The molecule has 0 bridgehead atoms. The maximum absolute atomic E-state index is 5.14. The average molecular weight is 262 g/mol. The fourth-order valence-electron chi connectivity index (χ4n) is 1.42. The van der Waals surface area contributed by atoms with Crippen LogP contribution in [0.25, 0.3) is 0 Å². The van der Waals surface area contributed by atoms with E-state index in [2.05, 4.69) is 42.7 Å². The van der Waals surface area contributed by atoms with Crippen molar-refractivity contribution in [1.29, 1.82) is 0 Å². The maximum atomic E-state index is 5.14. The summed E-state index contributed by atoms with van der Waals surface area (Å²) in [6, 6.07) is 16.7. The van der Waals surface area contributed by atoms with Crippen molar-refractivity contribution >= 4 is 23.5 Å². The number of hydrogen-bond acceptors (Lipinski definition) is 3. The topological polar surface area (TPSA) is 9.23 Å². The van der Waals surface area contributed by atoms with E-state index in [0.717, 1.165) is 5.75 Å². The second kappa shape index (κ2) is 6.03. The first kappa shape index (κ1) is 12.4. The molecule has 0 atom stereocenters. The number of ether oxygens (including phenoxy) is 1. The van der Waals surface area contributed by atoms with Crippen LogP contribution in [0.2, 0.25) is 0 Å². The van der Waals surface area contributed by atoms with Crippen molar-refractivity contribution in [3.63, 3.8) is 0 Å². The minimum Gasteiger partial charge on any atom is -0.497 e. The highest BCUT2D eigenvalue weighted by molar-refractivity contribution is 7.99. The smallest absolute Gasteiger partial charge is 0.118 e. The van der Waals surface area contributed by atoms with Gasteiger partial charge in [0.15, 0.2) is 0 Å². The first-order valence-corrected chi connectivity index (χ1v) is 7.32. The number of hydrogen-bond donors (Lipinski definition) is 0. The van der Waals surface area contributed by atoms with E-state index >= 15 is 0 Å². The summed E-state index contributed by atoms with van der Waals surface area (Å²) >= 11 is 3.52. The highest BCUT2D eigenvalue weighted by Crippen LogP contribution is 2.30. The first-order chi connectivity index (χ1) is 8.31. The molecule has 88 valence electrons. The molecule has 0 radical (unpaired) electrons. The summed E-state index contributed by atoms with van der Waals surface area (Å²) < 4.78 is 5.14. The molecule has 0 unspecified atom stereocenters. The Bertz CT molecular complexity index is 417. The Labute approximate surface area is 111 Å². The highest BCUT2D eigenvalue weighted by atomic mass is 32.2. The van der Waals surface area contributed by atoms with Gasteiger partial charge in [-0.05, 0) is 54.8 Å². The number of benzene rings is 2. The quantitative estimate of drug-likeness (QED) is 0.747. The van der Waals surface area contributed by atoms with Crippen molar-refractivity contribution in [2.75, 3.05) is 13.4 Å². The molecule has 0 saturated carbocycles. The lowest BCUT2D eigenvalue weighted by Gasteiger charge is -2.04. The van der Waals surface area contributed by atoms with Crippen LogP contribution < -0.4 is 4.74 Å². The van der Waals surface area contributed by atoms with E-state index in [1.807, 2.05) is 12.1 Å².